The van der Waals surface area contributed by atoms with Gasteiger partial charge in [-0.05, 0) is 6.42 Å². The molecule has 0 spiro atoms. The molecule has 0 aliphatic heterocycles. The number of amides is 1. The quantitative estimate of drug-likeness (QED) is 0.665. The van der Waals surface area contributed by atoms with E-state index >= 15 is 0 Å². The van der Waals surface area contributed by atoms with Crippen LogP contribution in [0.1, 0.15) is 32.6 Å². The second-order valence-electron chi connectivity index (χ2n) is 4.71. The van der Waals surface area contributed by atoms with Gasteiger partial charge in [0, 0.05) is 6.54 Å². The molecule has 0 aliphatic rings. The molecular weight excluding hydrogens is 288 g/mol. The van der Waals surface area contributed by atoms with Crippen LogP contribution in [0, 0.1) is 0 Å². The summed E-state index contributed by atoms with van der Waals surface area (Å²) in [7, 11) is 1.25. The van der Waals surface area contributed by atoms with Crippen LogP contribution in [0.4, 0.5) is 22.6 Å². The molecule has 0 radical (unpaired) electrons. The molecule has 1 amide bonds. The highest BCUT2D eigenvalue weighted by atomic mass is 16.5. The number of nitrogens with two attached hydrogens (primary N) is 1. The van der Waals surface area contributed by atoms with Gasteiger partial charge in [-0.1, -0.05) is 26.2 Å². The SMILES string of the molecule is CCCCCCNc1nc(N)nc2oc(NC(=O)OC)nc12. The van der Waals surface area contributed by atoms with Gasteiger partial charge >= 0.3 is 12.1 Å². The molecule has 2 aromatic rings. The Kier molecular flexibility index (Phi) is 5.34. The van der Waals surface area contributed by atoms with Crippen LogP contribution >= 0.6 is 0 Å². The predicted molar refractivity (Wildman–Crippen MR) is 82.7 cm³/mol. The van der Waals surface area contributed by atoms with Gasteiger partial charge < -0.3 is 20.2 Å². The zero-order valence-corrected chi connectivity index (χ0v) is 12.7. The van der Waals surface area contributed by atoms with E-state index in [2.05, 4.69) is 37.2 Å². The first kappa shape index (κ1) is 15.8. The number of unbranched alkanes of at least 4 members (excludes halogenated alkanes) is 3. The monoisotopic (exact) mass is 308 g/mol. The van der Waals surface area contributed by atoms with Crippen LogP contribution in [0.3, 0.4) is 0 Å². The highest BCUT2D eigenvalue weighted by molar-refractivity contribution is 5.87. The number of carbonyl (C=O) groups excluding carboxylic acids is 1. The standard InChI is InChI=1S/C13H20N6O3/c1-3-4-5-6-7-15-9-8-10(18-11(14)17-9)22-12(16-8)19-13(20)21-2/h3-7H2,1-2H3,(H,16,19,20)(H3,14,15,17,18). The van der Waals surface area contributed by atoms with Gasteiger partial charge in [0.15, 0.2) is 11.3 Å². The van der Waals surface area contributed by atoms with Gasteiger partial charge in [0.25, 0.3) is 5.71 Å². The summed E-state index contributed by atoms with van der Waals surface area (Å²) in [5.74, 6) is 0.560. The van der Waals surface area contributed by atoms with E-state index in [1.54, 1.807) is 0 Å². The minimum absolute atomic E-state index is 0.0178. The Morgan fingerprint density at radius 3 is 2.82 bits per heavy atom. The summed E-state index contributed by atoms with van der Waals surface area (Å²) >= 11 is 0. The maximum Gasteiger partial charge on any atom is 0.414 e. The van der Waals surface area contributed by atoms with E-state index in [-0.39, 0.29) is 17.7 Å². The number of fused-ring (bicyclic) bond motifs is 1. The van der Waals surface area contributed by atoms with Gasteiger partial charge in [-0.3, -0.25) is 0 Å². The van der Waals surface area contributed by atoms with Crippen molar-refractivity contribution >= 4 is 35.1 Å². The number of hydrogen-bond acceptors (Lipinski definition) is 8. The van der Waals surface area contributed by atoms with E-state index in [1.165, 1.54) is 20.0 Å². The summed E-state index contributed by atoms with van der Waals surface area (Å²) < 4.78 is 9.79. The summed E-state index contributed by atoms with van der Waals surface area (Å²) in [4.78, 5) is 23.4. The highest BCUT2D eigenvalue weighted by Gasteiger charge is 2.15. The van der Waals surface area contributed by atoms with Crippen LogP contribution in [0.25, 0.3) is 11.2 Å². The van der Waals surface area contributed by atoms with Crippen molar-refractivity contribution in [3.05, 3.63) is 0 Å². The molecule has 2 rings (SSSR count). The topological polar surface area (TPSA) is 128 Å². The Bertz CT molecular complexity index is 642. The third-order valence-corrected chi connectivity index (χ3v) is 2.99. The second-order valence-corrected chi connectivity index (χ2v) is 4.71. The van der Waals surface area contributed by atoms with Gasteiger partial charge in [-0.25, -0.2) is 10.1 Å². The number of carbonyl (C=O) groups is 1. The molecule has 9 nitrogen and oxygen atoms in total. The van der Waals surface area contributed by atoms with Crippen molar-refractivity contribution in [3.63, 3.8) is 0 Å². The van der Waals surface area contributed by atoms with E-state index in [0.29, 0.717) is 11.3 Å². The molecule has 120 valence electrons. The fraction of sp³-hybridized carbons (Fsp3) is 0.538. The molecule has 2 aromatic heterocycles. The van der Waals surface area contributed by atoms with E-state index in [9.17, 15) is 4.79 Å². The van der Waals surface area contributed by atoms with Crippen LogP contribution in [-0.4, -0.2) is 34.7 Å². The largest absolute Gasteiger partial charge is 0.453 e. The van der Waals surface area contributed by atoms with Crippen molar-refractivity contribution in [1.82, 2.24) is 15.0 Å². The average Bonchev–Trinajstić information content (AvgIpc) is 2.88. The molecule has 9 heteroatoms. The van der Waals surface area contributed by atoms with Gasteiger partial charge in [0.05, 0.1) is 7.11 Å². The van der Waals surface area contributed by atoms with Crippen molar-refractivity contribution in [2.24, 2.45) is 0 Å². The van der Waals surface area contributed by atoms with Gasteiger partial charge in [-0.15, -0.1) is 0 Å². The van der Waals surface area contributed by atoms with Gasteiger partial charge in [0.2, 0.25) is 5.95 Å². The molecule has 0 fully saturated rings. The molecular formula is C13H20N6O3. The zero-order valence-electron chi connectivity index (χ0n) is 12.7. The second kappa shape index (κ2) is 7.43. The Balaban J connectivity index is 2.12. The van der Waals surface area contributed by atoms with E-state index in [4.69, 9.17) is 10.2 Å². The molecule has 0 bridgehead atoms. The Hall–Kier alpha value is -2.58. The number of anilines is 3. The lowest BCUT2D eigenvalue weighted by Gasteiger charge is -2.05. The molecule has 2 heterocycles. The molecule has 0 aliphatic carbocycles. The third kappa shape index (κ3) is 3.96. The molecule has 0 atom stereocenters. The fourth-order valence-corrected chi connectivity index (χ4v) is 1.91. The Labute approximate surface area is 127 Å². The summed E-state index contributed by atoms with van der Waals surface area (Å²) in [6.07, 6.45) is 3.85. The number of nitrogens with one attached hydrogen (secondary N) is 2. The van der Waals surface area contributed by atoms with Crippen molar-refractivity contribution in [2.75, 3.05) is 30.0 Å². The molecule has 4 N–H and O–H groups in total. The van der Waals surface area contributed by atoms with Crippen molar-refractivity contribution in [1.29, 1.82) is 0 Å². The van der Waals surface area contributed by atoms with Crippen LogP contribution in [0.2, 0.25) is 0 Å². The van der Waals surface area contributed by atoms with Gasteiger partial charge in [-0.2, -0.15) is 15.0 Å². The maximum absolute atomic E-state index is 11.2. The van der Waals surface area contributed by atoms with Crippen LogP contribution in [-0.2, 0) is 4.74 Å². The average molecular weight is 308 g/mol. The molecule has 22 heavy (non-hydrogen) atoms. The van der Waals surface area contributed by atoms with Crippen LogP contribution < -0.4 is 16.4 Å². The predicted octanol–water partition coefficient (Wildman–Crippen LogP) is 2.37. The van der Waals surface area contributed by atoms with Crippen molar-refractivity contribution in [2.45, 2.75) is 32.6 Å². The first-order valence-corrected chi connectivity index (χ1v) is 7.17. The highest BCUT2D eigenvalue weighted by Crippen LogP contribution is 2.24. The summed E-state index contributed by atoms with van der Waals surface area (Å²) in [6.45, 7) is 2.91. The minimum atomic E-state index is -0.679. The minimum Gasteiger partial charge on any atom is -0.453 e. The molecule has 0 saturated carbocycles. The van der Waals surface area contributed by atoms with E-state index < -0.39 is 6.09 Å². The number of hydrogen-bond donors (Lipinski definition) is 3. The summed E-state index contributed by atoms with van der Waals surface area (Å²) in [6, 6.07) is -0.0178. The van der Waals surface area contributed by atoms with Crippen molar-refractivity contribution < 1.29 is 13.9 Å². The number of nitrogens with zero attached hydrogens (tertiary/aromatic N) is 3. The summed E-state index contributed by atoms with van der Waals surface area (Å²) in [5.41, 5.74) is 6.27. The number of nitrogen functional groups attached to an aromatic ring is 1. The van der Waals surface area contributed by atoms with E-state index in [1.807, 2.05) is 0 Å². The fourth-order valence-electron chi connectivity index (χ4n) is 1.91. The van der Waals surface area contributed by atoms with E-state index in [0.717, 1.165) is 19.4 Å². The Morgan fingerprint density at radius 1 is 1.27 bits per heavy atom. The number of aromatic nitrogens is 3. The van der Waals surface area contributed by atoms with Gasteiger partial charge in [0.1, 0.15) is 0 Å². The number of rotatable bonds is 7. The molecule has 0 aromatic carbocycles. The number of methoxy groups -OCH3 is 1. The lowest BCUT2D eigenvalue weighted by molar-refractivity contribution is 0.186. The van der Waals surface area contributed by atoms with Crippen LogP contribution in [0.15, 0.2) is 4.42 Å². The summed E-state index contributed by atoms with van der Waals surface area (Å²) in [5, 5.41) is 5.51. The lowest BCUT2D eigenvalue weighted by atomic mass is 10.2. The molecule has 0 unspecified atom stereocenters. The van der Waals surface area contributed by atoms with Crippen LogP contribution in [0.5, 0.6) is 0 Å². The first-order valence-electron chi connectivity index (χ1n) is 7.17. The lowest BCUT2D eigenvalue weighted by Crippen LogP contribution is -2.11. The smallest absolute Gasteiger partial charge is 0.414 e. The number of ether oxygens (including phenoxy) is 1. The zero-order chi connectivity index (χ0) is 15.9. The third-order valence-electron chi connectivity index (χ3n) is 2.99. The molecule has 0 saturated heterocycles. The van der Waals surface area contributed by atoms with Crippen molar-refractivity contribution in [3.8, 4) is 0 Å². The number of oxazole rings is 1. The maximum atomic E-state index is 11.2. The first-order chi connectivity index (χ1) is 10.6. The Morgan fingerprint density at radius 2 is 2.09 bits per heavy atom. The normalized spacial score (nSPS) is 10.6.